The van der Waals surface area contributed by atoms with E-state index in [9.17, 15) is 9.59 Å². The Bertz CT molecular complexity index is 1020. The molecule has 152 valence electrons. The number of nitrogens with one attached hydrogen (secondary N) is 2. The second-order valence-electron chi connectivity index (χ2n) is 9.63. The first kappa shape index (κ1) is 18.3. The molecule has 6 heteroatoms. The number of carbonyl (C=O) groups excluding carboxylic acids is 2. The van der Waals surface area contributed by atoms with Crippen LogP contribution in [0.1, 0.15) is 72.3 Å². The van der Waals surface area contributed by atoms with Crippen LogP contribution in [0.2, 0.25) is 0 Å². The molecule has 1 spiro atoms. The third kappa shape index (κ3) is 2.61. The van der Waals surface area contributed by atoms with Crippen LogP contribution in [-0.2, 0) is 5.41 Å². The van der Waals surface area contributed by atoms with E-state index in [4.69, 9.17) is 4.42 Å². The summed E-state index contributed by atoms with van der Waals surface area (Å²) in [6.07, 6.45) is 2.51. The second kappa shape index (κ2) is 5.88. The minimum atomic E-state index is -0.614. The van der Waals surface area contributed by atoms with Crippen molar-refractivity contribution >= 4 is 17.5 Å². The van der Waals surface area contributed by atoms with Crippen molar-refractivity contribution in [1.82, 2.24) is 10.2 Å². The number of benzene rings is 1. The summed E-state index contributed by atoms with van der Waals surface area (Å²) in [5.41, 5.74) is 1.58. The SMILES string of the molecule is Cc1cc(C(C)(C)C)oc1C(=O)N1C2CCC1C1(C2)NC(=O)c2ccccc2N1. The molecule has 6 nitrogen and oxygen atoms in total. The number of carbonyl (C=O) groups is 2. The van der Waals surface area contributed by atoms with Crippen molar-refractivity contribution in [3.63, 3.8) is 0 Å². The number of hydrogen-bond acceptors (Lipinski definition) is 4. The highest BCUT2D eigenvalue weighted by atomic mass is 16.4. The number of para-hydroxylation sites is 1. The van der Waals surface area contributed by atoms with E-state index >= 15 is 0 Å². The van der Waals surface area contributed by atoms with E-state index in [2.05, 4.69) is 31.4 Å². The van der Waals surface area contributed by atoms with Gasteiger partial charge in [0.15, 0.2) is 5.76 Å². The summed E-state index contributed by atoms with van der Waals surface area (Å²) >= 11 is 0. The van der Waals surface area contributed by atoms with Crippen LogP contribution in [0, 0.1) is 6.92 Å². The quantitative estimate of drug-likeness (QED) is 0.773. The van der Waals surface area contributed by atoms with Crippen LogP contribution in [0.5, 0.6) is 0 Å². The van der Waals surface area contributed by atoms with Crippen LogP contribution in [0.25, 0.3) is 0 Å². The molecule has 29 heavy (non-hydrogen) atoms. The summed E-state index contributed by atoms with van der Waals surface area (Å²) < 4.78 is 6.03. The highest BCUT2D eigenvalue weighted by Gasteiger charge is 2.60. The van der Waals surface area contributed by atoms with Crippen LogP contribution in [-0.4, -0.2) is 34.5 Å². The summed E-state index contributed by atoms with van der Waals surface area (Å²) in [5.74, 6) is 1.09. The van der Waals surface area contributed by atoms with Gasteiger partial charge in [-0.05, 0) is 38.0 Å². The number of fused-ring (bicyclic) bond motifs is 4. The molecule has 1 aromatic heterocycles. The fourth-order valence-corrected chi connectivity index (χ4v) is 5.16. The molecule has 1 aromatic carbocycles. The maximum absolute atomic E-state index is 13.5. The molecule has 5 rings (SSSR count). The van der Waals surface area contributed by atoms with Crippen molar-refractivity contribution in [3.8, 4) is 0 Å². The average Bonchev–Trinajstić information content (AvgIpc) is 3.32. The summed E-state index contributed by atoms with van der Waals surface area (Å²) in [6, 6.07) is 9.50. The Balaban J connectivity index is 1.48. The van der Waals surface area contributed by atoms with Crippen LogP contribution >= 0.6 is 0 Å². The van der Waals surface area contributed by atoms with Gasteiger partial charge in [-0.15, -0.1) is 0 Å². The van der Waals surface area contributed by atoms with Crippen molar-refractivity contribution in [2.45, 2.75) is 70.1 Å². The van der Waals surface area contributed by atoms with E-state index in [0.29, 0.717) is 17.7 Å². The molecule has 3 atom stereocenters. The fourth-order valence-electron chi connectivity index (χ4n) is 5.16. The monoisotopic (exact) mass is 393 g/mol. The van der Waals surface area contributed by atoms with Gasteiger partial charge < -0.3 is 20.0 Å². The average molecular weight is 393 g/mol. The van der Waals surface area contributed by atoms with Crippen LogP contribution in [0.15, 0.2) is 34.7 Å². The first-order valence-electron chi connectivity index (χ1n) is 10.3. The van der Waals surface area contributed by atoms with Gasteiger partial charge in [-0.25, -0.2) is 0 Å². The number of aryl methyl sites for hydroxylation is 1. The van der Waals surface area contributed by atoms with Crippen LogP contribution < -0.4 is 10.6 Å². The summed E-state index contributed by atoms with van der Waals surface area (Å²) in [6.45, 7) is 8.16. The maximum Gasteiger partial charge on any atom is 0.290 e. The van der Waals surface area contributed by atoms with Crippen LogP contribution in [0.3, 0.4) is 0 Å². The molecule has 2 saturated heterocycles. The molecule has 2 N–H and O–H groups in total. The molecule has 0 aliphatic carbocycles. The van der Waals surface area contributed by atoms with Gasteiger partial charge in [-0.3, -0.25) is 9.59 Å². The number of hydrogen-bond donors (Lipinski definition) is 2. The molecule has 2 bridgehead atoms. The lowest BCUT2D eigenvalue weighted by Gasteiger charge is -2.42. The van der Waals surface area contributed by atoms with Crippen molar-refractivity contribution in [1.29, 1.82) is 0 Å². The minimum Gasteiger partial charge on any atom is -0.455 e. The first-order chi connectivity index (χ1) is 13.7. The van der Waals surface area contributed by atoms with Gasteiger partial charge in [0.1, 0.15) is 11.4 Å². The van der Waals surface area contributed by atoms with Gasteiger partial charge in [0, 0.05) is 29.1 Å². The molecular formula is C23H27N3O3. The maximum atomic E-state index is 13.5. The number of amides is 2. The van der Waals surface area contributed by atoms with Crippen molar-refractivity contribution < 1.29 is 14.0 Å². The first-order valence-corrected chi connectivity index (χ1v) is 10.3. The molecule has 4 heterocycles. The predicted octanol–water partition coefficient (Wildman–Crippen LogP) is 3.81. The van der Waals surface area contributed by atoms with Crippen LogP contribution in [0.4, 0.5) is 5.69 Å². The molecule has 3 unspecified atom stereocenters. The predicted molar refractivity (Wildman–Crippen MR) is 110 cm³/mol. The molecule has 0 saturated carbocycles. The summed E-state index contributed by atoms with van der Waals surface area (Å²) in [5, 5.41) is 6.74. The highest BCUT2D eigenvalue weighted by molar-refractivity contribution is 6.02. The van der Waals surface area contributed by atoms with Gasteiger partial charge in [-0.1, -0.05) is 32.9 Å². The largest absolute Gasteiger partial charge is 0.455 e. The number of rotatable bonds is 1. The van der Waals surface area contributed by atoms with E-state index in [1.807, 2.05) is 42.2 Å². The molecule has 2 fully saturated rings. The molecular weight excluding hydrogens is 366 g/mol. The lowest BCUT2D eigenvalue weighted by Crippen LogP contribution is -2.64. The number of furan rings is 1. The topological polar surface area (TPSA) is 74.6 Å². The Morgan fingerprint density at radius 2 is 1.97 bits per heavy atom. The van der Waals surface area contributed by atoms with Gasteiger partial charge in [0.2, 0.25) is 0 Å². The lowest BCUT2D eigenvalue weighted by molar-refractivity contribution is 0.0658. The summed E-state index contributed by atoms with van der Waals surface area (Å²) in [7, 11) is 0. The van der Waals surface area contributed by atoms with E-state index in [1.165, 1.54) is 0 Å². The third-order valence-electron chi connectivity index (χ3n) is 6.58. The number of nitrogens with zero attached hydrogens (tertiary/aromatic N) is 1. The van der Waals surface area contributed by atoms with Crippen molar-refractivity contribution in [3.05, 3.63) is 53.0 Å². The van der Waals surface area contributed by atoms with Gasteiger partial charge in [-0.2, -0.15) is 0 Å². The second-order valence-corrected chi connectivity index (χ2v) is 9.63. The molecule has 0 radical (unpaired) electrons. The summed E-state index contributed by atoms with van der Waals surface area (Å²) in [4.78, 5) is 28.2. The molecule has 2 aromatic rings. The highest BCUT2D eigenvalue weighted by Crippen LogP contribution is 2.47. The molecule has 2 amide bonds. The van der Waals surface area contributed by atoms with E-state index in [1.54, 1.807) is 0 Å². The lowest BCUT2D eigenvalue weighted by atomic mass is 9.86. The zero-order chi connectivity index (χ0) is 20.6. The molecule has 3 aliphatic heterocycles. The Morgan fingerprint density at radius 3 is 2.69 bits per heavy atom. The smallest absolute Gasteiger partial charge is 0.290 e. The van der Waals surface area contributed by atoms with E-state index in [0.717, 1.165) is 29.9 Å². The number of anilines is 1. The zero-order valence-corrected chi connectivity index (χ0v) is 17.3. The molecule has 3 aliphatic rings. The normalized spacial score (nSPS) is 27.7. The Hall–Kier alpha value is -2.76. The zero-order valence-electron chi connectivity index (χ0n) is 17.3. The van der Waals surface area contributed by atoms with Crippen molar-refractivity contribution in [2.24, 2.45) is 0 Å². The standard InChI is InChI=1S/C23H27N3O3/c1-13-11-18(22(2,3)4)29-19(13)21(28)26-14-9-10-17(26)23(12-14)24-16-8-6-5-7-15(16)20(27)25-23/h5-8,11,14,17,24H,9-10,12H2,1-4H3,(H,25,27). The van der Waals surface area contributed by atoms with E-state index in [-0.39, 0.29) is 29.3 Å². The fraction of sp³-hybridized carbons (Fsp3) is 0.478. The minimum absolute atomic E-state index is 0.0720. The Labute approximate surface area is 170 Å². The third-order valence-corrected chi connectivity index (χ3v) is 6.58. The Morgan fingerprint density at radius 1 is 1.21 bits per heavy atom. The van der Waals surface area contributed by atoms with Gasteiger partial charge in [0.25, 0.3) is 11.8 Å². The van der Waals surface area contributed by atoms with Crippen molar-refractivity contribution in [2.75, 3.05) is 5.32 Å². The Kier molecular flexibility index (Phi) is 3.70. The van der Waals surface area contributed by atoms with Gasteiger partial charge in [0.05, 0.1) is 11.6 Å². The van der Waals surface area contributed by atoms with Gasteiger partial charge >= 0.3 is 0 Å². The van der Waals surface area contributed by atoms with E-state index < -0.39 is 5.66 Å².